The molecule has 0 aromatic carbocycles. The molecule has 0 saturated heterocycles. The number of rotatable bonds is 19. The minimum Gasteiger partial charge on any atom is -0.301 e. The molecule has 0 aromatic rings. The van der Waals surface area contributed by atoms with Crippen LogP contribution in [0.3, 0.4) is 0 Å². The molecule has 0 rings (SSSR count). The normalized spacial score (nSPS) is 14.0. The van der Waals surface area contributed by atoms with Gasteiger partial charge in [-0.05, 0) is 10.9 Å². The zero-order chi connectivity index (χ0) is 17.9. The van der Waals surface area contributed by atoms with Crippen LogP contribution in [0.1, 0.15) is 110 Å². The van der Waals surface area contributed by atoms with E-state index in [0.717, 1.165) is 12.8 Å². The predicted octanol–water partition coefficient (Wildman–Crippen LogP) is 7.27. The molecule has 0 bridgehead atoms. The van der Waals surface area contributed by atoms with Crippen LogP contribution >= 0.6 is 7.82 Å². The molecule has 0 radical (unpaired) electrons. The van der Waals surface area contributed by atoms with E-state index in [-0.39, 0.29) is 6.61 Å². The molecule has 1 unspecified atom stereocenters. The minimum absolute atomic E-state index is 0.0656. The van der Waals surface area contributed by atoms with Gasteiger partial charge in [0.05, 0.1) is 6.61 Å². The maximum atomic E-state index is 11.5. The van der Waals surface area contributed by atoms with E-state index in [1.54, 1.807) is 0 Å². The molecule has 0 spiro atoms. The van der Waals surface area contributed by atoms with E-state index in [2.05, 4.69) is 16.2 Å². The first-order valence-corrected chi connectivity index (χ1v) is 11.4. The summed E-state index contributed by atoms with van der Waals surface area (Å²) in [4.78, 5) is 8.68. The highest BCUT2D eigenvalue weighted by molar-refractivity contribution is 7.47. The molecule has 0 aliphatic heterocycles. The van der Waals surface area contributed by atoms with Crippen LogP contribution in [0.25, 0.3) is 0 Å². The molecule has 146 valence electrons. The Hall–Kier alpha value is 0.0400. The summed E-state index contributed by atoms with van der Waals surface area (Å²) in [6.07, 6.45) is 20.2. The standard InChI is InChI=1S/C18H38FO4P/c1-2-3-4-5-6-7-8-9-10-11-12-13-14-15-16-17-18-22-24(20,21)23-19/h2-18H2,1H3,(H,20,21). The first kappa shape index (κ1) is 24.0. The summed E-state index contributed by atoms with van der Waals surface area (Å²) in [6.45, 7) is 2.32. The summed E-state index contributed by atoms with van der Waals surface area (Å²) >= 11 is 0. The highest BCUT2D eigenvalue weighted by Gasteiger charge is 2.20. The fourth-order valence-corrected chi connectivity index (χ4v) is 3.25. The summed E-state index contributed by atoms with van der Waals surface area (Å²) in [5, 5.41) is 0. The fourth-order valence-electron chi connectivity index (χ4n) is 2.85. The first-order chi connectivity index (χ1) is 11.6. The van der Waals surface area contributed by atoms with Crippen LogP contribution in [0.15, 0.2) is 0 Å². The molecule has 24 heavy (non-hydrogen) atoms. The van der Waals surface area contributed by atoms with Crippen molar-refractivity contribution in [2.45, 2.75) is 110 Å². The Morgan fingerprint density at radius 1 is 0.708 bits per heavy atom. The Bertz CT molecular complexity index is 303. The van der Waals surface area contributed by atoms with Crippen molar-refractivity contribution in [2.24, 2.45) is 0 Å². The van der Waals surface area contributed by atoms with E-state index >= 15 is 0 Å². The Kier molecular flexibility index (Phi) is 17.9. The van der Waals surface area contributed by atoms with E-state index < -0.39 is 7.82 Å². The van der Waals surface area contributed by atoms with Gasteiger partial charge in [-0.2, -0.15) is 0 Å². The lowest BCUT2D eigenvalue weighted by Crippen LogP contribution is -1.93. The SMILES string of the molecule is CCCCCCCCCCCCCCCCCCOP(=O)(O)OF. The monoisotopic (exact) mass is 368 g/mol. The molecule has 4 nitrogen and oxygen atoms in total. The van der Waals surface area contributed by atoms with Crippen LogP contribution < -0.4 is 0 Å². The molecule has 0 saturated carbocycles. The molecule has 1 N–H and O–H groups in total. The van der Waals surface area contributed by atoms with Crippen LogP contribution in [0, 0.1) is 0 Å². The number of phosphoric ester groups is 1. The van der Waals surface area contributed by atoms with Crippen molar-refractivity contribution < 1.29 is 23.2 Å². The van der Waals surface area contributed by atoms with Gasteiger partial charge in [0.2, 0.25) is 0 Å². The number of hydrogen-bond acceptors (Lipinski definition) is 3. The number of unbranched alkanes of at least 4 members (excludes halogenated alkanes) is 15. The zero-order valence-corrected chi connectivity index (χ0v) is 16.4. The molecular weight excluding hydrogens is 330 g/mol. The second kappa shape index (κ2) is 17.8. The third-order valence-electron chi connectivity index (χ3n) is 4.34. The van der Waals surface area contributed by atoms with Crippen LogP contribution in [-0.4, -0.2) is 11.5 Å². The minimum atomic E-state index is -4.43. The molecule has 0 fully saturated rings. The quantitative estimate of drug-likeness (QED) is 0.192. The Labute approximate surface area is 148 Å². The van der Waals surface area contributed by atoms with Gasteiger partial charge in [-0.25, -0.2) is 4.57 Å². The molecule has 0 amide bonds. The van der Waals surface area contributed by atoms with Crippen molar-refractivity contribution in [1.29, 1.82) is 0 Å². The number of phosphoric acid groups is 1. The van der Waals surface area contributed by atoms with E-state index in [9.17, 15) is 9.09 Å². The van der Waals surface area contributed by atoms with Gasteiger partial charge in [0.25, 0.3) is 0 Å². The molecule has 0 aromatic heterocycles. The second-order valence-electron chi connectivity index (χ2n) is 6.67. The van der Waals surface area contributed by atoms with Gasteiger partial charge in [0.1, 0.15) is 0 Å². The number of halogens is 1. The van der Waals surface area contributed by atoms with Gasteiger partial charge in [-0.3, -0.25) is 4.52 Å². The van der Waals surface area contributed by atoms with Gasteiger partial charge in [0.15, 0.2) is 0 Å². The van der Waals surface area contributed by atoms with Crippen LogP contribution in [0.2, 0.25) is 0 Å². The average molecular weight is 368 g/mol. The molecule has 6 heteroatoms. The molecule has 0 aliphatic carbocycles. The predicted molar refractivity (Wildman–Crippen MR) is 97.5 cm³/mol. The van der Waals surface area contributed by atoms with Crippen LogP contribution in [-0.2, 0) is 13.8 Å². The summed E-state index contributed by atoms with van der Waals surface area (Å²) in [6, 6.07) is 0. The van der Waals surface area contributed by atoms with Gasteiger partial charge in [-0.15, -0.1) is 0 Å². The van der Waals surface area contributed by atoms with Crippen molar-refractivity contribution in [2.75, 3.05) is 6.61 Å². The Balaban J connectivity index is 3.06. The Morgan fingerprint density at radius 3 is 1.38 bits per heavy atom. The number of hydrogen-bond donors (Lipinski definition) is 1. The van der Waals surface area contributed by atoms with Crippen LogP contribution in [0.5, 0.6) is 0 Å². The summed E-state index contributed by atoms with van der Waals surface area (Å²) < 4.78 is 29.5. The molecule has 0 heterocycles. The Morgan fingerprint density at radius 2 is 1.04 bits per heavy atom. The molecule has 1 atom stereocenters. The van der Waals surface area contributed by atoms with E-state index in [0.29, 0.717) is 6.42 Å². The van der Waals surface area contributed by atoms with Gasteiger partial charge >= 0.3 is 7.82 Å². The third kappa shape index (κ3) is 18.4. The fraction of sp³-hybridized carbons (Fsp3) is 1.00. The first-order valence-electron chi connectivity index (χ1n) is 9.90. The maximum Gasteiger partial charge on any atom is 0.503 e. The summed E-state index contributed by atoms with van der Waals surface area (Å²) in [5.74, 6) is 0. The van der Waals surface area contributed by atoms with E-state index in [1.165, 1.54) is 83.5 Å². The van der Waals surface area contributed by atoms with Crippen molar-refractivity contribution in [3.05, 3.63) is 0 Å². The lowest BCUT2D eigenvalue weighted by molar-refractivity contribution is -0.0480. The molecular formula is C18H38FO4P. The van der Waals surface area contributed by atoms with Crippen molar-refractivity contribution in [3.63, 3.8) is 0 Å². The van der Waals surface area contributed by atoms with E-state index in [4.69, 9.17) is 4.89 Å². The second-order valence-corrected chi connectivity index (χ2v) is 8.01. The van der Waals surface area contributed by atoms with Gasteiger partial charge < -0.3 is 4.89 Å². The van der Waals surface area contributed by atoms with Crippen molar-refractivity contribution in [3.8, 4) is 0 Å². The maximum absolute atomic E-state index is 11.5. The highest BCUT2D eigenvalue weighted by Crippen LogP contribution is 2.43. The summed E-state index contributed by atoms with van der Waals surface area (Å²) in [7, 11) is -4.43. The topological polar surface area (TPSA) is 55.8 Å². The van der Waals surface area contributed by atoms with Crippen molar-refractivity contribution >= 4 is 7.82 Å². The average Bonchev–Trinajstić information content (AvgIpc) is 2.57. The van der Waals surface area contributed by atoms with Crippen molar-refractivity contribution in [1.82, 2.24) is 0 Å². The van der Waals surface area contributed by atoms with Crippen LogP contribution in [0.4, 0.5) is 4.53 Å². The summed E-state index contributed by atoms with van der Waals surface area (Å²) in [5.41, 5.74) is 0. The van der Waals surface area contributed by atoms with Gasteiger partial charge in [-0.1, -0.05) is 108 Å². The molecule has 0 aliphatic rings. The van der Waals surface area contributed by atoms with E-state index in [1.807, 2.05) is 0 Å². The largest absolute Gasteiger partial charge is 0.503 e. The third-order valence-corrected chi connectivity index (χ3v) is 5.02. The van der Waals surface area contributed by atoms with Gasteiger partial charge in [0, 0.05) is 0 Å². The smallest absolute Gasteiger partial charge is 0.301 e. The lowest BCUT2D eigenvalue weighted by atomic mass is 10.0. The zero-order valence-electron chi connectivity index (χ0n) is 15.5. The highest BCUT2D eigenvalue weighted by atomic mass is 31.2. The lowest BCUT2D eigenvalue weighted by Gasteiger charge is -2.06.